The Labute approximate surface area is 172 Å². The van der Waals surface area contributed by atoms with Gasteiger partial charge in [-0.2, -0.15) is 18.3 Å². The van der Waals surface area contributed by atoms with Crippen LogP contribution < -0.4 is 10.6 Å². The van der Waals surface area contributed by atoms with Crippen molar-refractivity contribution in [1.82, 2.24) is 14.7 Å². The van der Waals surface area contributed by atoms with Gasteiger partial charge < -0.3 is 10.6 Å². The maximum Gasteiger partial charge on any atom is 0.416 e. The average molecular weight is 423 g/mol. The zero-order chi connectivity index (χ0) is 21.7. The van der Waals surface area contributed by atoms with Crippen molar-refractivity contribution >= 4 is 23.2 Å². The summed E-state index contributed by atoms with van der Waals surface area (Å²) >= 11 is 0. The fourth-order valence-corrected chi connectivity index (χ4v) is 3.41. The van der Waals surface area contributed by atoms with Gasteiger partial charge in [0, 0.05) is 17.9 Å². The number of rotatable bonds is 6. The maximum atomic E-state index is 12.8. The Morgan fingerprint density at radius 3 is 2.60 bits per heavy atom. The number of hydrogen-bond donors (Lipinski definition) is 2. The van der Waals surface area contributed by atoms with E-state index in [9.17, 15) is 22.8 Å². The first-order chi connectivity index (χ1) is 14.2. The second-order valence-electron chi connectivity index (χ2n) is 7.42. The van der Waals surface area contributed by atoms with Crippen molar-refractivity contribution in [3.05, 3.63) is 42.2 Å². The number of benzene rings is 1. The molecule has 30 heavy (non-hydrogen) atoms. The number of piperidine rings is 1. The zero-order valence-electron chi connectivity index (χ0n) is 16.6. The van der Waals surface area contributed by atoms with Crippen LogP contribution in [0.4, 0.5) is 24.5 Å². The number of alkyl halides is 3. The highest BCUT2D eigenvalue weighted by molar-refractivity contribution is 5.92. The van der Waals surface area contributed by atoms with Crippen LogP contribution in [0.1, 0.15) is 31.7 Å². The highest BCUT2D eigenvalue weighted by atomic mass is 19.4. The van der Waals surface area contributed by atoms with Crippen molar-refractivity contribution in [3.8, 4) is 0 Å². The first-order valence-electron chi connectivity index (χ1n) is 9.74. The minimum atomic E-state index is -4.48. The predicted octanol–water partition coefficient (Wildman–Crippen LogP) is 3.35. The molecule has 0 spiro atoms. The predicted molar refractivity (Wildman–Crippen MR) is 106 cm³/mol. The molecular weight excluding hydrogens is 399 g/mol. The molecule has 0 radical (unpaired) electrons. The highest BCUT2D eigenvalue weighted by Crippen LogP contribution is 2.30. The quantitative estimate of drug-likeness (QED) is 0.747. The third kappa shape index (κ3) is 6.06. The van der Waals surface area contributed by atoms with Gasteiger partial charge in [0.15, 0.2) is 0 Å². The SMILES string of the molecule is CC1CCCCN1CC(=O)Nc1cnn(CC(=O)Nc2cccc(C(F)(F)F)c2)c1. The van der Waals surface area contributed by atoms with Crippen LogP contribution in [-0.2, 0) is 22.3 Å². The van der Waals surface area contributed by atoms with Gasteiger partial charge in [0.2, 0.25) is 11.8 Å². The zero-order valence-corrected chi connectivity index (χ0v) is 16.6. The summed E-state index contributed by atoms with van der Waals surface area (Å²) in [7, 11) is 0. The van der Waals surface area contributed by atoms with Crippen LogP contribution in [0.25, 0.3) is 0 Å². The number of amides is 2. The van der Waals surface area contributed by atoms with E-state index in [4.69, 9.17) is 0 Å². The highest BCUT2D eigenvalue weighted by Gasteiger charge is 2.30. The van der Waals surface area contributed by atoms with Gasteiger partial charge in [0.1, 0.15) is 6.54 Å². The maximum absolute atomic E-state index is 12.8. The molecule has 1 aromatic heterocycles. The first kappa shape index (κ1) is 21.8. The summed E-state index contributed by atoms with van der Waals surface area (Å²) in [6.45, 7) is 3.09. The van der Waals surface area contributed by atoms with Gasteiger partial charge in [-0.15, -0.1) is 0 Å². The molecule has 3 rings (SSSR count). The van der Waals surface area contributed by atoms with Crippen LogP contribution in [0.5, 0.6) is 0 Å². The second-order valence-corrected chi connectivity index (χ2v) is 7.42. The number of nitrogens with zero attached hydrogens (tertiary/aromatic N) is 3. The molecule has 1 saturated heterocycles. The largest absolute Gasteiger partial charge is 0.416 e. The molecule has 1 fully saturated rings. The fraction of sp³-hybridized carbons (Fsp3) is 0.450. The van der Waals surface area contributed by atoms with E-state index in [0.29, 0.717) is 18.3 Å². The molecule has 2 amide bonds. The van der Waals surface area contributed by atoms with Crippen LogP contribution in [0.15, 0.2) is 36.7 Å². The second kappa shape index (κ2) is 9.29. The number of carbonyl (C=O) groups is 2. The van der Waals surface area contributed by atoms with E-state index in [2.05, 4.69) is 27.6 Å². The summed E-state index contributed by atoms with van der Waals surface area (Å²) in [5, 5.41) is 9.19. The van der Waals surface area contributed by atoms with Crippen molar-refractivity contribution in [2.24, 2.45) is 0 Å². The Kier molecular flexibility index (Phi) is 6.76. The summed E-state index contributed by atoms with van der Waals surface area (Å²) in [6.07, 6.45) is 1.78. The molecule has 162 valence electrons. The van der Waals surface area contributed by atoms with Crippen molar-refractivity contribution < 1.29 is 22.8 Å². The summed E-state index contributed by atoms with van der Waals surface area (Å²) in [6, 6.07) is 4.77. The number of halogens is 3. The van der Waals surface area contributed by atoms with Crippen molar-refractivity contribution in [3.63, 3.8) is 0 Å². The number of nitrogens with one attached hydrogen (secondary N) is 2. The van der Waals surface area contributed by atoms with E-state index >= 15 is 0 Å². The molecule has 0 saturated carbocycles. The summed E-state index contributed by atoms with van der Waals surface area (Å²) < 4.78 is 39.6. The van der Waals surface area contributed by atoms with Crippen LogP contribution >= 0.6 is 0 Å². The van der Waals surface area contributed by atoms with Crippen LogP contribution in [0.2, 0.25) is 0 Å². The molecule has 1 aromatic carbocycles. The summed E-state index contributed by atoms with van der Waals surface area (Å²) in [4.78, 5) is 26.5. The first-order valence-corrected chi connectivity index (χ1v) is 9.74. The smallest absolute Gasteiger partial charge is 0.324 e. The van der Waals surface area contributed by atoms with Gasteiger partial charge in [-0.3, -0.25) is 19.2 Å². The third-order valence-electron chi connectivity index (χ3n) is 4.98. The lowest BCUT2D eigenvalue weighted by molar-refractivity contribution is -0.137. The normalized spacial score (nSPS) is 17.5. The Balaban J connectivity index is 1.51. The fourth-order valence-electron chi connectivity index (χ4n) is 3.41. The van der Waals surface area contributed by atoms with Gasteiger partial charge in [-0.25, -0.2) is 0 Å². The molecule has 2 heterocycles. The molecule has 1 aliphatic heterocycles. The van der Waals surface area contributed by atoms with Gasteiger partial charge in [-0.05, 0) is 44.5 Å². The van der Waals surface area contributed by atoms with E-state index in [0.717, 1.165) is 31.5 Å². The standard InChI is InChI=1S/C20H24F3N5O2/c1-14-5-2-3-8-27(14)12-18(29)26-17-10-24-28(11-17)13-19(30)25-16-7-4-6-15(9-16)20(21,22)23/h4,6-7,9-11,14H,2-3,5,8,12-13H2,1H3,(H,25,30)(H,26,29). The van der Waals surface area contributed by atoms with Crippen LogP contribution in [0.3, 0.4) is 0 Å². The van der Waals surface area contributed by atoms with E-state index in [1.54, 1.807) is 0 Å². The van der Waals surface area contributed by atoms with E-state index in [-0.39, 0.29) is 18.1 Å². The monoisotopic (exact) mass is 423 g/mol. The van der Waals surface area contributed by atoms with Crippen molar-refractivity contribution in [2.75, 3.05) is 23.7 Å². The molecule has 1 aliphatic rings. The van der Waals surface area contributed by atoms with Gasteiger partial charge in [-0.1, -0.05) is 12.5 Å². The number of anilines is 2. The Morgan fingerprint density at radius 2 is 1.87 bits per heavy atom. The molecular formula is C20H24F3N5O2. The molecule has 0 bridgehead atoms. The molecule has 2 N–H and O–H groups in total. The molecule has 10 heteroatoms. The number of aromatic nitrogens is 2. The minimum absolute atomic E-state index is 0.0474. The van der Waals surface area contributed by atoms with Crippen molar-refractivity contribution in [2.45, 2.75) is 44.9 Å². The van der Waals surface area contributed by atoms with E-state index in [1.807, 2.05) is 0 Å². The molecule has 1 unspecified atom stereocenters. The Hall–Kier alpha value is -2.88. The van der Waals surface area contributed by atoms with E-state index < -0.39 is 17.6 Å². The van der Waals surface area contributed by atoms with Gasteiger partial charge in [0.05, 0.1) is 24.0 Å². The van der Waals surface area contributed by atoms with Crippen LogP contribution in [0, 0.1) is 0 Å². The van der Waals surface area contributed by atoms with E-state index in [1.165, 1.54) is 35.6 Å². The molecule has 2 aromatic rings. The summed E-state index contributed by atoms with van der Waals surface area (Å²) in [5.74, 6) is -0.686. The molecule has 0 aliphatic carbocycles. The minimum Gasteiger partial charge on any atom is -0.324 e. The molecule has 1 atom stereocenters. The average Bonchev–Trinajstić information content (AvgIpc) is 3.09. The number of carbonyl (C=O) groups excluding carboxylic acids is 2. The summed E-state index contributed by atoms with van der Waals surface area (Å²) in [5.41, 5.74) is -0.338. The third-order valence-corrected chi connectivity index (χ3v) is 4.98. The number of hydrogen-bond acceptors (Lipinski definition) is 4. The Bertz CT molecular complexity index is 897. The van der Waals surface area contributed by atoms with Gasteiger partial charge in [0.25, 0.3) is 0 Å². The molecule has 7 nitrogen and oxygen atoms in total. The Morgan fingerprint density at radius 1 is 1.13 bits per heavy atom. The lowest BCUT2D eigenvalue weighted by atomic mass is 10.0. The topological polar surface area (TPSA) is 79.3 Å². The lowest BCUT2D eigenvalue weighted by Gasteiger charge is -2.32. The number of likely N-dealkylation sites (tertiary alicyclic amines) is 1. The van der Waals surface area contributed by atoms with Crippen LogP contribution in [-0.4, -0.2) is 45.6 Å². The van der Waals surface area contributed by atoms with Crippen molar-refractivity contribution in [1.29, 1.82) is 0 Å². The lowest BCUT2D eigenvalue weighted by Crippen LogP contribution is -2.42. The van der Waals surface area contributed by atoms with Gasteiger partial charge >= 0.3 is 6.18 Å².